The molecule has 6 heteroatoms. The fourth-order valence-electron chi connectivity index (χ4n) is 2.17. The number of hydrogen-bond donors (Lipinski definition) is 1. The zero-order chi connectivity index (χ0) is 17.5. The van der Waals surface area contributed by atoms with Crippen LogP contribution in [0, 0.1) is 11.6 Å². The van der Waals surface area contributed by atoms with Crippen molar-refractivity contribution in [1.82, 2.24) is 0 Å². The van der Waals surface area contributed by atoms with Crippen LogP contribution in [0.3, 0.4) is 0 Å². The first kappa shape index (κ1) is 17.6. The zero-order valence-electron chi connectivity index (χ0n) is 13.3. The Kier molecular flexibility index (Phi) is 6.01. The summed E-state index contributed by atoms with van der Waals surface area (Å²) in [6, 6.07) is 12.1. The summed E-state index contributed by atoms with van der Waals surface area (Å²) in [5, 5.41) is 2.37. The summed E-state index contributed by atoms with van der Waals surface area (Å²) in [6.07, 6.45) is 0.612. The van der Waals surface area contributed by atoms with Crippen LogP contribution in [0.1, 0.15) is 19.3 Å². The van der Waals surface area contributed by atoms with Gasteiger partial charge in [0.05, 0.1) is 5.69 Å². The number of carbonyl (C=O) groups excluding carboxylic acids is 2. The number of nitrogens with one attached hydrogen (secondary N) is 1. The Labute approximate surface area is 139 Å². The summed E-state index contributed by atoms with van der Waals surface area (Å²) < 4.78 is 26.2. The molecular formula is C18H18F2N2O2. The molecule has 0 heterocycles. The molecule has 0 aromatic heterocycles. The van der Waals surface area contributed by atoms with Gasteiger partial charge in [0, 0.05) is 31.6 Å². The summed E-state index contributed by atoms with van der Waals surface area (Å²) >= 11 is 0. The second-order valence-electron chi connectivity index (χ2n) is 5.31. The van der Waals surface area contributed by atoms with E-state index in [9.17, 15) is 18.4 Å². The van der Waals surface area contributed by atoms with Crippen LogP contribution in [-0.4, -0.2) is 18.9 Å². The molecule has 2 aromatic carbocycles. The van der Waals surface area contributed by atoms with E-state index in [1.54, 1.807) is 7.05 Å². The van der Waals surface area contributed by atoms with Gasteiger partial charge in [-0.05, 0) is 30.7 Å². The van der Waals surface area contributed by atoms with E-state index in [2.05, 4.69) is 5.32 Å². The number of halogens is 2. The number of benzene rings is 2. The fraction of sp³-hybridized carbons (Fsp3) is 0.222. The molecule has 0 unspecified atom stereocenters. The van der Waals surface area contributed by atoms with Gasteiger partial charge >= 0.3 is 0 Å². The molecule has 0 fully saturated rings. The third-order valence-corrected chi connectivity index (χ3v) is 3.52. The van der Waals surface area contributed by atoms with Crippen LogP contribution in [0.5, 0.6) is 0 Å². The maximum atomic E-state index is 13.4. The molecule has 126 valence electrons. The van der Waals surface area contributed by atoms with Crippen molar-refractivity contribution < 1.29 is 18.4 Å². The van der Waals surface area contributed by atoms with Crippen molar-refractivity contribution in [3.63, 3.8) is 0 Å². The maximum Gasteiger partial charge on any atom is 0.226 e. The van der Waals surface area contributed by atoms with Gasteiger partial charge < -0.3 is 10.2 Å². The molecule has 0 atom stereocenters. The molecule has 0 aliphatic heterocycles. The lowest BCUT2D eigenvalue weighted by molar-refractivity contribution is -0.118. The largest absolute Gasteiger partial charge is 0.324 e. The van der Waals surface area contributed by atoms with Crippen LogP contribution in [0.2, 0.25) is 0 Å². The topological polar surface area (TPSA) is 49.4 Å². The number of amides is 2. The molecule has 2 rings (SSSR count). The minimum Gasteiger partial charge on any atom is -0.324 e. The Hall–Kier alpha value is -2.76. The zero-order valence-corrected chi connectivity index (χ0v) is 13.3. The molecule has 1 N–H and O–H groups in total. The number of carbonyl (C=O) groups is 2. The molecule has 0 saturated heterocycles. The van der Waals surface area contributed by atoms with E-state index in [0.717, 1.165) is 17.8 Å². The average molecular weight is 332 g/mol. The Morgan fingerprint density at radius 2 is 1.75 bits per heavy atom. The molecule has 0 saturated carbocycles. The van der Waals surface area contributed by atoms with Crippen molar-refractivity contribution in [2.75, 3.05) is 17.3 Å². The van der Waals surface area contributed by atoms with E-state index in [0.29, 0.717) is 12.5 Å². The van der Waals surface area contributed by atoms with E-state index in [1.165, 1.54) is 4.90 Å². The van der Waals surface area contributed by atoms with Crippen molar-refractivity contribution in [3.05, 3.63) is 60.2 Å². The molecular weight excluding hydrogens is 314 g/mol. The minimum atomic E-state index is -0.830. The van der Waals surface area contributed by atoms with Crippen molar-refractivity contribution in [1.29, 1.82) is 0 Å². The SMILES string of the molecule is CN(C(=O)CCCC(=O)Nc1ccc(F)cc1F)c1ccccc1. The highest BCUT2D eigenvalue weighted by atomic mass is 19.1. The lowest BCUT2D eigenvalue weighted by Gasteiger charge is -2.17. The van der Waals surface area contributed by atoms with E-state index < -0.39 is 17.5 Å². The number of rotatable bonds is 6. The Bertz CT molecular complexity index is 720. The molecule has 0 aliphatic rings. The monoisotopic (exact) mass is 332 g/mol. The fourth-order valence-corrected chi connectivity index (χ4v) is 2.17. The summed E-state index contributed by atoms with van der Waals surface area (Å²) in [7, 11) is 1.67. The normalized spacial score (nSPS) is 10.3. The Morgan fingerprint density at radius 3 is 2.42 bits per heavy atom. The second-order valence-corrected chi connectivity index (χ2v) is 5.31. The van der Waals surface area contributed by atoms with Gasteiger partial charge in [-0.3, -0.25) is 9.59 Å². The van der Waals surface area contributed by atoms with Gasteiger partial charge in [-0.1, -0.05) is 18.2 Å². The van der Waals surface area contributed by atoms with Crippen LogP contribution in [0.15, 0.2) is 48.5 Å². The number of para-hydroxylation sites is 1. The van der Waals surface area contributed by atoms with Gasteiger partial charge in [0.15, 0.2) is 0 Å². The summed E-state index contributed by atoms with van der Waals surface area (Å²) in [5.41, 5.74) is 0.703. The van der Waals surface area contributed by atoms with Crippen LogP contribution in [-0.2, 0) is 9.59 Å². The summed E-state index contributed by atoms with van der Waals surface area (Å²) in [6.45, 7) is 0. The minimum absolute atomic E-state index is 0.0746. The van der Waals surface area contributed by atoms with Gasteiger partial charge in [-0.2, -0.15) is 0 Å². The third kappa shape index (κ3) is 4.87. The third-order valence-electron chi connectivity index (χ3n) is 3.52. The first-order valence-corrected chi connectivity index (χ1v) is 7.54. The van der Waals surface area contributed by atoms with Crippen molar-refractivity contribution >= 4 is 23.2 Å². The van der Waals surface area contributed by atoms with E-state index in [1.807, 2.05) is 30.3 Å². The van der Waals surface area contributed by atoms with Crippen LogP contribution in [0.4, 0.5) is 20.2 Å². The standard InChI is InChI=1S/C18H18F2N2O2/c1-22(14-6-3-2-4-7-14)18(24)9-5-8-17(23)21-16-11-10-13(19)12-15(16)20/h2-4,6-7,10-12H,5,8-9H2,1H3,(H,21,23). The molecule has 0 radical (unpaired) electrons. The highest BCUT2D eigenvalue weighted by molar-refractivity contribution is 5.94. The Morgan fingerprint density at radius 1 is 1.04 bits per heavy atom. The van der Waals surface area contributed by atoms with E-state index >= 15 is 0 Å². The van der Waals surface area contributed by atoms with E-state index in [4.69, 9.17) is 0 Å². The number of nitrogens with zero attached hydrogens (tertiary/aromatic N) is 1. The summed E-state index contributed by atoms with van der Waals surface area (Å²) in [4.78, 5) is 25.4. The molecule has 24 heavy (non-hydrogen) atoms. The van der Waals surface area contributed by atoms with Gasteiger partial charge in [-0.15, -0.1) is 0 Å². The lowest BCUT2D eigenvalue weighted by Crippen LogP contribution is -2.26. The van der Waals surface area contributed by atoms with Crippen LogP contribution < -0.4 is 10.2 Å². The van der Waals surface area contributed by atoms with Crippen LogP contribution >= 0.6 is 0 Å². The molecule has 0 bridgehead atoms. The Balaban J connectivity index is 1.79. The van der Waals surface area contributed by atoms with Crippen molar-refractivity contribution in [3.8, 4) is 0 Å². The predicted octanol–water partition coefficient (Wildman–Crippen LogP) is 3.74. The van der Waals surface area contributed by atoms with Gasteiger partial charge in [0.1, 0.15) is 11.6 Å². The van der Waals surface area contributed by atoms with Gasteiger partial charge in [0.2, 0.25) is 11.8 Å². The first-order valence-electron chi connectivity index (χ1n) is 7.54. The number of anilines is 2. The predicted molar refractivity (Wildman–Crippen MR) is 88.7 cm³/mol. The van der Waals surface area contributed by atoms with Crippen molar-refractivity contribution in [2.45, 2.75) is 19.3 Å². The first-order chi connectivity index (χ1) is 11.5. The van der Waals surface area contributed by atoms with Gasteiger partial charge in [-0.25, -0.2) is 8.78 Å². The average Bonchev–Trinajstić information content (AvgIpc) is 2.57. The molecule has 4 nitrogen and oxygen atoms in total. The summed E-state index contributed by atoms with van der Waals surface area (Å²) in [5.74, 6) is -2.07. The van der Waals surface area contributed by atoms with Crippen molar-refractivity contribution in [2.24, 2.45) is 0 Å². The molecule has 0 spiro atoms. The van der Waals surface area contributed by atoms with E-state index in [-0.39, 0.29) is 24.4 Å². The molecule has 2 amide bonds. The maximum absolute atomic E-state index is 13.4. The second kappa shape index (κ2) is 8.19. The van der Waals surface area contributed by atoms with Gasteiger partial charge in [0.25, 0.3) is 0 Å². The highest BCUT2D eigenvalue weighted by Gasteiger charge is 2.12. The number of hydrogen-bond acceptors (Lipinski definition) is 2. The molecule has 0 aliphatic carbocycles. The quantitative estimate of drug-likeness (QED) is 0.876. The smallest absolute Gasteiger partial charge is 0.226 e. The molecule has 2 aromatic rings. The lowest BCUT2D eigenvalue weighted by atomic mass is 10.2. The van der Waals surface area contributed by atoms with Crippen LogP contribution in [0.25, 0.3) is 0 Å². The highest BCUT2D eigenvalue weighted by Crippen LogP contribution is 2.16.